The van der Waals surface area contributed by atoms with E-state index in [-0.39, 0.29) is 18.4 Å². The molecule has 0 radical (unpaired) electrons. The molecule has 2 aromatic rings. The maximum atomic E-state index is 13.2. The molecule has 1 unspecified atom stereocenters. The first kappa shape index (κ1) is 26.8. The van der Waals surface area contributed by atoms with Crippen molar-refractivity contribution >= 4 is 58.4 Å². The van der Waals surface area contributed by atoms with Gasteiger partial charge in [0.15, 0.2) is 0 Å². The minimum atomic E-state index is -0.563. The standard InChI is InChI=1S/C24H29Cl3N2O2S/c1-3-5-13-28-24(31)22(4-2)29(16-17-6-7-19(26)15-21(17)27)23(30)12-14-32-20-10-8-18(25)9-11-20/h6-11,15,22H,3-5,12-14,16H2,1-2H3,(H,28,31). The molecule has 1 N–H and O–H groups in total. The predicted octanol–water partition coefficient (Wildman–Crippen LogP) is 6.85. The second kappa shape index (κ2) is 14.0. The fraction of sp³-hybridized carbons (Fsp3) is 0.417. The van der Waals surface area contributed by atoms with Crippen LogP contribution in [-0.2, 0) is 16.1 Å². The summed E-state index contributed by atoms with van der Waals surface area (Å²) in [6, 6.07) is 12.1. The summed E-state index contributed by atoms with van der Waals surface area (Å²) in [7, 11) is 0. The van der Waals surface area contributed by atoms with Crippen LogP contribution in [0.1, 0.15) is 45.1 Å². The van der Waals surface area contributed by atoms with Gasteiger partial charge in [0.25, 0.3) is 0 Å². The minimum absolute atomic E-state index is 0.0880. The van der Waals surface area contributed by atoms with Crippen LogP contribution >= 0.6 is 46.6 Å². The van der Waals surface area contributed by atoms with Crippen molar-refractivity contribution in [2.75, 3.05) is 12.3 Å². The molecular formula is C24H29Cl3N2O2S. The van der Waals surface area contributed by atoms with Crippen molar-refractivity contribution in [2.24, 2.45) is 0 Å². The quantitative estimate of drug-likeness (QED) is 0.248. The molecule has 0 aliphatic carbocycles. The summed E-state index contributed by atoms with van der Waals surface area (Å²) in [5.74, 6) is 0.374. The highest BCUT2D eigenvalue weighted by atomic mass is 35.5. The van der Waals surface area contributed by atoms with Gasteiger partial charge in [-0.2, -0.15) is 0 Å². The number of halogens is 3. The summed E-state index contributed by atoms with van der Waals surface area (Å²) < 4.78 is 0. The Balaban J connectivity index is 2.14. The van der Waals surface area contributed by atoms with Gasteiger partial charge >= 0.3 is 0 Å². The van der Waals surface area contributed by atoms with Crippen molar-refractivity contribution < 1.29 is 9.59 Å². The van der Waals surface area contributed by atoms with Gasteiger partial charge in [0.1, 0.15) is 6.04 Å². The molecule has 174 valence electrons. The molecular weight excluding hydrogens is 487 g/mol. The van der Waals surface area contributed by atoms with Crippen LogP contribution in [0.15, 0.2) is 47.4 Å². The van der Waals surface area contributed by atoms with Crippen molar-refractivity contribution in [1.29, 1.82) is 0 Å². The van der Waals surface area contributed by atoms with Crippen LogP contribution in [0.25, 0.3) is 0 Å². The van der Waals surface area contributed by atoms with E-state index in [1.165, 1.54) is 0 Å². The SMILES string of the molecule is CCCCNC(=O)C(CC)N(Cc1ccc(Cl)cc1Cl)C(=O)CCSc1ccc(Cl)cc1. The first-order valence-corrected chi connectivity index (χ1v) is 12.9. The zero-order valence-corrected chi connectivity index (χ0v) is 21.5. The second-order valence-electron chi connectivity index (χ2n) is 7.38. The van der Waals surface area contributed by atoms with Crippen molar-refractivity contribution in [3.63, 3.8) is 0 Å². The van der Waals surface area contributed by atoms with E-state index in [4.69, 9.17) is 34.8 Å². The van der Waals surface area contributed by atoms with Crippen LogP contribution in [0.5, 0.6) is 0 Å². The maximum absolute atomic E-state index is 13.2. The summed E-state index contributed by atoms with van der Waals surface area (Å²) in [4.78, 5) is 28.8. The molecule has 0 aliphatic heterocycles. The van der Waals surface area contributed by atoms with Gasteiger partial charge in [0, 0.05) is 45.2 Å². The molecule has 0 heterocycles. The lowest BCUT2D eigenvalue weighted by molar-refractivity contribution is -0.141. The van der Waals surface area contributed by atoms with Gasteiger partial charge in [0.05, 0.1) is 0 Å². The molecule has 0 aromatic heterocycles. The first-order valence-electron chi connectivity index (χ1n) is 10.7. The summed E-state index contributed by atoms with van der Waals surface area (Å²) in [6.07, 6.45) is 2.70. The van der Waals surface area contributed by atoms with Crippen LogP contribution in [0, 0.1) is 0 Å². The highest BCUT2D eigenvalue weighted by Gasteiger charge is 2.28. The molecule has 0 saturated heterocycles. The minimum Gasteiger partial charge on any atom is -0.354 e. The van der Waals surface area contributed by atoms with E-state index in [1.54, 1.807) is 34.9 Å². The van der Waals surface area contributed by atoms with E-state index < -0.39 is 6.04 Å². The zero-order chi connectivity index (χ0) is 23.5. The fourth-order valence-corrected chi connectivity index (χ4v) is 4.62. The van der Waals surface area contributed by atoms with Crippen molar-refractivity contribution in [3.05, 3.63) is 63.1 Å². The Hall–Kier alpha value is -1.40. The molecule has 4 nitrogen and oxygen atoms in total. The number of carbonyl (C=O) groups excluding carboxylic acids is 2. The Kier molecular flexibility index (Phi) is 11.7. The van der Waals surface area contributed by atoms with Crippen LogP contribution in [0.3, 0.4) is 0 Å². The highest BCUT2D eigenvalue weighted by molar-refractivity contribution is 7.99. The largest absolute Gasteiger partial charge is 0.354 e. The van der Waals surface area contributed by atoms with Gasteiger partial charge in [0.2, 0.25) is 11.8 Å². The third-order valence-corrected chi connectivity index (χ3v) is 6.82. The number of carbonyl (C=O) groups is 2. The number of hydrogen-bond acceptors (Lipinski definition) is 3. The Morgan fingerprint density at radius 1 is 1.03 bits per heavy atom. The third-order valence-electron chi connectivity index (χ3n) is 4.97. The van der Waals surface area contributed by atoms with Crippen LogP contribution in [-0.4, -0.2) is 35.1 Å². The van der Waals surface area contributed by atoms with Crippen molar-refractivity contribution in [3.8, 4) is 0 Å². The first-order chi connectivity index (χ1) is 15.3. The van der Waals surface area contributed by atoms with E-state index in [0.717, 1.165) is 23.3 Å². The van der Waals surface area contributed by atoms with Gasteiger partial charge in [-0.3, -0.25) is 9.59 Å². The normalized spacial score (nSPS) is 11.8. The Morgan fingerprint density at radius 3 is 2.34 bits per heavy atom. The van der Waals surface area contributed by atoms with Crippen LogP contribution < -0.4 is 5.32 Å². The molecule has 2 aromatic carbocycles. The fourth-order valence-electron chi connectivity index (χ4n) is 3.19. The van der Waals surface area contributed by atoms with Crippen LogP contribution in [0.2, 0.25) is 15.1 Å². The smallest absolute Gasteiger partial charge is 0.242 e. The average molecular weight is 516 g/mol. The van der Waals surface area contributed by atoms with E-state index >= 15 is 0 Å². The number of rotatable bonds is 12. The molecule has 2 rings (SSSR count). The Morgan fingerprint density at radius 2 is 1.72 bits per heavy atom. The number of unbranched alkanes of at least 4 members (excludes halogenated alkanes) is 1. The Bertz CT molecular complexity index is 893. The predicted molar refractivity (Wildman–Crippen MR) is 136 cm³/mol. The lowest BCUT2D eigenvalue weighted by atomic mass is 10.1. The molecule has 0 fully saturated rings. The number of thioether (sulfide) groups is 1. The average Bonchev–Trinajstić information content (AvgIpc) is 2.76. The van der Waals surface area contributed by atoms with Crippen molar-refractivity contribution in [1.82, 2.24) is 10.2 Å². The van der Waals surface area contributed by atoms with Crippen molar-refractivity contribution in [2.45, 2.75) is 57.0 Å². The lowest BCUT2D eigenvalue weighted by Crippen LogP contribution is -2.49. The molecule has 8 heteroatoms. The number of nitrogens with zero attached hydrogens (tertiary/aromatic N) is 1. The van der Waals surface area contributed by atoms with E-state index in [0.29, 0.717) is 40.2 Å². The van der Waals surface area contributed by atoms with Gasteiger partial charge < -0.3 is 10.2 Å². The maximum Gasteiger partial charge on any atom is 0.242 e. The number of benzene rings is 2. The van der Waals surface area contributed by atoms with Crippen LogP contribution in [0.4, 0.5) is 0 Å². The van der Waals surface area contributed by atoms with Gasteiger partial charge in [-0.1, -0.05) is 61.1 Å². The van der Waals surface area contributed by atoms with Gasteiger partial charge in [-0.15, -0.1) is 11.8 Å². The zero-order valence-electron chi connectivity index (χ0n) is 18.4. The third kappa shape index (κ3) is 8.51. The number of amides is 2. The summed E-state index contributed by atoms with van der Waals surface area (Å²) >= 11 is 19.9. The van der Waals surface area contributed by atoms with Gasteiger partial charge in [-0.05, 0) is 54.8 Å². The molecule has 32 heavy (non-hydrogen) atoms. The number of hydrogen-bond donors (Lipinski definition) is 1. The summed E-state index contributed by atoms with van der Waals surface area (Å²) in [5, 5.41) is 4.65. The lowest BCUT2D eigenvalue weighted by Gasteiger charge is -2.31. The second-order valence-corrected chi connectivity index (χ2v) is 9.83. The highest BCUT2D eigenvalue weighted by Crippen LogP contribution is 2.25. The van der Waals surface area contributed by atoms with E-state index in [9.17, 15) is 9.59 Å². The number of nitrogens with one attached hydrogen (secondary N) is 1. The molecule has 0 spiro atoms. The van der Waals surface area contributed by atoms with Gasteiger partial charge in [-0.25, -0.2) is 0 Å². The Labute approximate surface area is 210 Å². The molecule has 1 atom stereocenters. The van der Waals surface area contributed by atoms with E-state index in [2.05, 4.69) is 12.2 Å². The molecule has 0 aliphatic rings. The topological polar surface area (TPSA) is 49.4 Å². The summed E-state index contributed by atoms with van der Waals surface area (Å²) in [6.45, 7) is 4.83. The van der Waals surface area contributed by atoms with E-state index in [1.807, 2.05) is 31.2 Å². The summed E-state index contributed by atoms with van der Waals surface area (Å²) in [5.41, 5.74) is 0.759. The molecule has 2 amide bonds. The molecule has 0 bridgehead atoms. The molecule has 0 saturated carbocycles. The monoisotopic (exact) mass is 514 g/mol.